The molecule has 4 aromatic carbocycles. The molecule has 0 aliphatic carbocycles. The van der Waals surface area contributed by atoms with Crippen LogP contribution in [0.25, 0.3) is 44.4 Å². The van der Waals surface area contributed by atoms with Gasteiger partial charge in [-0.2, -0.15) is 17.2 Å². The SMILES string of the molecule is CCCCc1nn(-c2[c-]c(Oc3[c-]c4c(cc3)c3ccccc3n4-c3cc(C)ccn3)ccc2)c(CCCC)c1-c1c(C)cc(C)cc1C.[Pt+2]. The Morgan fingerprint density at radius 1 is 0.700 bits per heavy atom. The fourth-order valence-electron chi connectivity index (χ4n) is 7.21. The van der Waals surface area contributed by atoms with E-state index in [1.807, 2.05) is 30.5 Å². The summed E-state index contributed by atoms with van der Waals surface area (Å²) in [5.41, 5.74) is 13.0. The smallest absolute Gasteiger partial charge is 0.509 e. The van der Waals surface area contributed by atoms with E-state index in [0.717, 1.165) is 77.4 Å². The summed E-state index contributed by atoms with van der Waals surface area (Å²) in [7, 11) is 0. The van der Waals surface area contributed by atoms with Crippen LogP contribution in [0.1, 0.15) is 73.2 Å². The van der Waals surface area contributed by atoms with Gasteiger partial charge in [0.15, 0.2) is 0 Å². The maximum Gasteiger partial charge on any atom is 2.00 e. The van der Waals surface area contributed by atoms with Crippen LogP contribution in [0, 0.1) is 39.8 Å². The van der Waals surface area contributed by atoms with Gasteiger partial charge in [0.25, 0.3) is 0 Å². The minimum atomic E-state index is 0. The Hall–Kier alpha value is -4.47. The van der Waals surface area contributed by atoms with Gasteiger partial charge < -0.3 is 9.30 Å². The molecular formula is C44H44N4OPt. The molecule has 0 amide bonds. The molecule has 0 saturated carbocycles. The van der Waals surface area contributed by atoms with E-state index in [1.54, 1.807) is 0 Å². The molecule has 0 bridgehead atoms. The summed E-state index contributed by atoms with van der Waals surface area (Å²) in [5, 5.41) is 7.59. The summed E-state index contributed by atoms with van der Waals surface area (Å²) in [5.74, 6) is 2.11. The predicted octanol–water partition coefficient (Wildman–Crippen LogP) is 11.3. The fourth-order valence-corrected chi connectivity index (χ4v) is 7.21. The average molecular weight is 840 g/mol. The van der Waals surface area contributed by atoms with Crippen LogP contribution < -0.4 is 4.74 Å². The Morgan fingerprint density at radius 3 is 2.20 bits per heavy atom. The third-order valence-electron chi connectivity index (χ3n) is 9.40. The first-order valence-corrected chi connectivity index (χ1v) is 17.6. The number of para-hydroxylation sites is 1. The van der Waals surface area contributed by atoms with Gasteiger partial charge in [-0.05, 0) is 105 Å². The number of pyridine rings is 1. The van der Waals surface area contributed by atoms with E-state index in [2.05, 4.69) is 118 Å². The summed E-state index contributed by atoms with van der Waals surface area (Å²) >= 11 is 0. The van der Waals surface area contributed by atoms with Gasteiger partial charge in [0.1, 0.15) is 5.82 Å². The molecule has 3 heterocycles. The Kier molecular flexibility index (Phi) is 10.7. The molecule has 0 aliphatic rings. The molecule has 0 saturated heterocycles. The summed E-state index contributed by atoms with van der Waals surface area (Å²) in [6, 6.07) is 34.5. The number of nitrogens with zero attached hydrogens (tertiary/aromatic N) is 4. The van der Waals surface area contributed by atoms with Crippen molar-refractivity contribution in [2.45, 2.75) is 80.1 Å². The second-order valence-electron chi connectivity index (χ2n) is 13.3. The molecule has 0 N–H and O–H groups in total. The molecule has 0 fully saturated rings. The first-order valence-electron chi connectivity index (χ1n) is 17.6. The van der Waals surface area contributed by atoms with Gasteiger partial charge >= 0.3 is 21.1 Å². The minimum Gasteiger partial charge on any atom is -0.509 e. The molecule has 0 unspecified atom stereocenters. The molecule has 7 aromatic rings. The van der Waals surface area contributed by atoms with Crippen LogP contribution in [0.5, 0.6) is 11.5 Å². The normalized spacial score (nSPS) is 11.3. The largest absolute Gasteiger partial charge is 2.00 e. The van der Waals surface area contributed by atoms with Crippen molar-refractivity contribution in [2.24, 2.45) is 0 Å². The van der Waals surface area contributed by atoms with Crippen LogP contribution in [-0.4, -0.2) is 19.3 Å². The van der Waals surface area contributed by atoms with Crippen LogP contribution >= 0.6 is 0 Å². The van der Waals surface area contributed by atoms with Crippen molar-refractivity contribution < 1.29 is 25.8 Å². The van der Waals surface area contributed by atoms with Crippen LogP contribution in [-0.2, 0) is 33.9 Å². The number of hydrogen-bond donors (Lipinski definition) is 0. The van der Waals surface area contributed by atoms with Crippen molar-refractivity contribution in [3.05, 3.63) is 131 Å². The number of fused-ring (bicyclic) bond motifs is 3. The summed E-state index contributed by atoms with van der Waals surface area (Å²) in [6.07, 6.45) is 8.17. The molecule has 0 aliphatic heterocycles. The Balaban J connectivity index is 0.00000432. The van der Waals surface area contributed by atoms with Crippen molar-refractivity contribution in [3.63, 3.8) is 0 Å². The third kappa shape index (κ3) is 6.81. The van der Waals surface area contributed by atoms with Crippen molar-refractivity contribution in [2.75, 3.05) is 0 Å². The van der Waals surface area contributed by atoms with Gasteiger partial charge in [-0.15, -0.1) is 35.7 Å². The van der Waals surface area contributed by atoms with Gasteiger partial charge in [0.2, 0.25) is 0 Å². The van der Waals surface area contributed by atoms with Gasteiger partial charge in [-0.3, -0.25) is 4.68 Å². The van der Waals surface area contributed by atoms with Gasteiger partial charge in [0, 0.05) is 34.5 Å². The summed E-state index contributed by atoms with van der Waals surface area (Å²) in [4.78, 5) is 4.72. The standard InChI is InChI=1S/C44H44N4O.Pt/c1-7-9-17-38-44(43-31(5)24-30(4)25-32(43)6)40(18-10-8-2)48(46-38)33-14-13-15-34(27-33)49-35-20-21-37-36-16-11-12-19-39(36)47(41(37)28-35)42-26-29(3)22-23-45-42;/h11-16,19-26H,7-10,17-18H2,1-6H3;/q-2;+2. The minimum absolute atomic E-state index is 0. The molecule has 0 atom stereocenters. The quantitative estimate of drug-likeness (QED) is 0.122. The molecule has 7 rings (SSSR count). The number of ether oxygens (including phenoxy) is 1. The molecule has 50 heavy (non-hydrogen) atoms. The predicted molar refractivity (Wildman–Crippen MR) is 201 cm³/mol. The topological polar surface area (TPSA) is 44.9 Å². The number of benzene rings is 4. The molecule has 6 heteroatoms. The van der Waals surface area contributed by atoms with Crippen molar-refractivity contribution in [1.29, 1.82) is 0 Å². The van der Waals surface area contributed by atoms with Crippen molar-refractivity contribution >= 4 is 21.8 Å². The fraction of sp³-hybridized carbons (Fsp3) is 0.273. The monoisotopic (exact) mass is 839 g/mol. The van der Waals surface area contributed by atoms with Crippen LogP contribution in [0.15, 0.2) is 85.1 Å². The van der Waals surface area contributed by atoms with Gasteiger partial charge in [-0.1, -0.05) is 68.1 Å². The van der Waals surface area contributed by atoms with E-state index in [1.165, 1.54) is 39.2 Å². The molecule has 256 valence electrons. The molecule has 0 radical (unpaired) electrons. The van der Waals surface area contributed by atoms with Gasteiger partial charge in [-0.25, -0.2) is 4.98 Å². The second-order valence-corrected chi connectivity index (χ2v) is 13.3. The molecule has 5 nitrogen and oxygen atoms in total. The van der Waals surface area contributed by atoms with Crippen LogP contribution in [0.4, 0.5) is 0 Å². The summed E-state index contributed by atoms with van der Waals surface area (Å²) < 4.78 is 10.8. The molecular weight excluding hydrogens is 796 g/mol. The Morgan fingerprint density at radius 2 is 1.44 bits per heavy atom. The maximum absolute atomic E-state index is 6.53. The molecule has 0 spiro atoms. The van der Waals surface area contributed by atoms with Crippen LogP contribution in [0.3, 0.4) is 0 Å². The zero-order chi connectivity index (χ0) is 34.1. The number of rotatable bonds is 11. The number of hydrogen-bond acceptors (Lipinski definition) is 3. The maximum atomic E-state index is 6.53. The van der Waals surface area contributed by atoms with Crippen molar-refractivity contribution in [1.82, 2.24) is 19.3 Å². The second kappa shape index (κ2) is 15.2. The first kappa shape index (κ1) is 35.4. The van der Waals surface area contributed by atoms with E-state index in [0.29, 0.717) is 11.5 Å². The van der Waals surface area contributed by atoms with E-state index in [-0.39, 0.29) is 21.1 Å². The van der Waals surface area contributed by atoms with E-state index in [9.17, 15) is 0 Å². The van der Waals surface area contributed by atoms with E-state index < -0.39 is 0 Å². The number of aryl methyl sites for hydroxylation is 5. The van der Waals surface area contributed by atoms with E-state index in [4.69, 9.17) is 14.8 Å². The van der Waals surface area contributed by atoms with Gasteiger partial charge in [0.05, 0.1) is 5.69 Å². The molecule has 3 aromatic heterocycles. The number of aromatic nitrogens is 4. The third-order valence-corrected chi connectivity index (χ3v) is 9.40. The Labute approximate surface area is 310 Å². The van der Waals surface area contributed by atoms with Crippen LogP contribution in [0.2, 0.25) is 0 Å². The average Bonchev–Trinajstić information content (AvgIpc) is 3.61. The number of unbranched alkanes of at least 4 members (excludes halogenated alkanes) is 2. The van der Waals surface area contributed by atoms with Crippen molar-refractivity contribution in [3.8, 4) is 34.1 Å². The first-order chi connectivity index (χ1) is 23.9. The zero-order valence-corrected chi connectivity index (χ0v) is 32.1. The van der Waals surface area contributed by atoms with E-state index >= 15 is 0 Å². The Bertz CT molecular complexity index is 2270. The summed E-state index contributed by atoms with van der Waals surface area (Å²) in [6.45, 7) is 13.2. The zero-order valence-electron chi connectivity index (χ0n) is 29.8.